The zero-order valence-electron chi connectivity index (χ0n) is 14.7. The standard InChI is InChI=1S/C17H26N4O4/c1-12(2)9-14(20-5-7-25-8-6-20)11-19-17(22)13-3-4-15(18)16(10-13)21(23)24/h3-4,10,12,14H,5-9,11,18H2,1-2H3,(H,19,22). The minimum absolute atomic E-state index is 0.0487. The van der Waals surface area contributed by atoms with E-state index in [-0.39, 0.29) is 28.9 Å². The second kappa shape index (κ2) is 8.77. The van der Waals surface area contributed by atoms with Crippen LogP contribution >= 0.6 is 0 Å². The van der Waals surface area contributed by atoms with Crippen molar-refractivity contribution in [3.63, 3.8) is 0 Å². The Morgan fingerprint density at radius 2 is 2.08 bits per heavy atom. The summed E-state index contributed by atoms with van der Waals surface area (Å²) in [7, 11) is 0. The van der Waals surface area contributed by atoms with Crippen LogP contribution in [-0.4, -0.2) is 54.6 Å². The number of nitro benzene ring substituents is 1. The summed E-state index contributed by atoms with van der Waals surface area (Å²) in [4.78, 5) is 25.1. The van der Waals surface area contributed by atoms with E-state index in [1.54, 1.807) is 0 Å². The Kier molecular flexibility index (Phi) is 6.72. The maximum atomic E-state index is 12.4. The summed E-state index contributed by atoms with van der Waals surface area (Å²) in [5, 5.41) is 13.9. The van der Waals surface area contributed by atoms with Gasteiger partial charge in [-0.3, -0.25) is 19.8 Å². The van der Waals surface area contributed by atoms with Crippen LogP contribution in [0.2, 0.25) is 0 Å². The molecule has 0 aromatic heterocycles. The Morgan fingerprint density at radius 1 is 1.40 bits per heavy atom. The monoisotopic (exact) mass is 350 g/mol. The first-order chi connectivity index (χ1) is 11.9. The maximum Gasteiger partial charge on any atom is 0.292 e. The lowest BCUT2D eigenvalue weighted by Crippen LogP contribution is -2.49. The van der Waals surface area contributed by atoms with Gasteiger partial charge in [0.2, 0.25) is 0 Å². The zero-order chi connectivity index (χ0) is 18.4. The molecule has 0 saturated carbocycles. The molecule has 1 aliphatic heterocycles. The molecule has 0 bridgehead atoms. The number of hydrogen-bond donors (Lipinski definition) is 2. The molecule has 1 saturated heterocycles. The molecule has 0 spiro atoms. The topological polar surface area (TPSA) is 111 Å². The van der Waals surface area contributed by atoms with Crippen molar-refractivity contribution in [1.29, 1.82) is 0 Å². The molecule has 1 amide bonds. The summed E-state index contributed by atoms with van der Waals surface area (Å²) in [6.45, 7) is 7.90. The SMILES string of the molecule is CC(C)CC(CNC(=O)c1ccc(N)c([N+](=O)[O-])c1)N1CCOCC1. The largest absolute Gasteiger partial charge is 0.393 e. The van der Waals surface area contributed by atoms with Crippen LogP contribution in [0, 0.1) is 16.0 Å². The van der Waals surface area contributed by atoms with E-state index in [1.807, 2.05) is 0 Å². The molecule has 8 heteroatoms. The van der Waals surface area contributed by atoms with Crippen LogP contribution in [-0.2, 0) is 4.74 Å². The Labute approximate surface area is 147 Å². The van der Waals surface area contributed by atoms with Gasteiger partial charge in [0.15, 0.2) is 0 Å². The van der Waals surface area contributed by atoms with Crippen molar-refractivity contribution in [2.24, 2.45) is 5.92 Å². The third-order valence-electron chi connectivity index (χ3n) is 4.29. The van der Waals surface area contributed by atoms with Crippen LogP contribution in [0.5, 0.6) is 0 Å². The average molecular weight is 350 g/mol. The van der Waals surface area contributed by atoms with Crippen molar-refractivity contribution in [2.75, 3.05) is 38.6 Å². The summed E-state index contributed by atoms with van der Waals surface area (Å²) >= 11 is 0. The smallest absolute Gasteiger partial charge is 0.292 e. The molecule has 0 radical (unpaired) electrons. The van der Waals surface area contributed by atoms with Crippen molar-refractivity contribution in [3.8, 4) is 0 Å². The lowest BCUT2D eigenvalue weighted by molar-refractivity contribution is -0.383. The molecule has 3 N–H and O–H groups in total. The second-order valence-corrected chi connectivity index (χ2v) is 6.67. The van der Waals surface area contributed by atoms with Gasteiger partial charge in [-0.1, -0.05) is 13.8 Å². The van der Waals surface area contributed by atoms with Gasteiger partial charge in [0.05, 0.1) is 18.1 Å². The Bertz CT molecular complexity index is 615. The highest BCUT2D eigenvalue weighted by Gasteiger charge is 2.23. The number of rotatable bonds is 7. The normalized spacial score (nSPS) is 16.6. The summed E-state index contributed by atoms with van der Waals surface area (Å²) < 4.78 is 5.39. The number of hydrogen-bond acceptors (Lipinski definition) is 6. The number of nitrogens with zero attached hydrogens (tertiary/aromatic N) is 2. The highest BCUT2D eigenvalue weighted by molar-refractivity contribution is 5.95. The van der Waals surface area contributed by atoms with Crippen LogP contribution in [0.25, 0.3) is 0 Å². The maximum absolute atomic E-state index is 12.4. The number of carbonyl (C=O) groups is 1. The van der Waals surface area contributed by atoms with E-state index < -0.39 is 4.92 Å². The van der Waals surface area contributed by atoms with E-state index in [2.05, 4.69) is 24.1 Å². The van der Waals surface area contributed by atoms with E-state index in [9.17, 15) is 14.9 Å². The van der Waals surface area contributed by atoms with Crippen molar-refractivity contribution in [2.45, 2.75) is 26.3 Å². The molecule has 25 heavy (non-hydrogen) atoms. The summed E-state index contributed by atoms with van der Waals surface area (Å²) in [5.74, 6) is 0.174. The van der Waals surface area contributed by atoms with Crippen LogP contribution in [0.15, 0.2) is 18.2 Å². The average Bonchev–Trinajstić information content (AvgIpc) is 2.59. The lowest BCUT2D eigenvalue weighted by atomic mass is 10.0. The fraction of sp³-hybridized carbons (Fsp3) is 0.588. The van der Waals surface area contributed by atoms with E-state index in [0.29, 0.717) is 25.7 Å². The van der Waals surface area contributed by atoms with Gasteiger partial charge in [-0.05, 0) is 24.5 Å². The number of nitrogens with one attached hydrogen (secondary N) is 1. The van der Waals surface area contributed by atoms with Gasteiger partial charge in [-0.2, -0.15) is 0 Å². The molecule has 1 heterocycles. The van der Waals surface area contributed by atoms with Crippen molar-refractivity contribution in [3.05, 3.63) is 33.9 Å². The number of benzene rings is 1. The van der Waals surface area contributed by atoms with Gasteiger partial charge in [0.25, 0.3) is 11.6 Å². The molecular formula is C17H26N4O4. The predicted octanol–water partition coefficient (Wildman–Crippen LogP) is 1.65. The molecular weight excluding hydrogens is 324 g/mol. The van der Waals surface area contributed by atoms with Crippen molar-refractivity contribution < 1.29 is 14.5 Å². The van der Waals surface area contributed by atoms with Gasteiger partial charge in [-0.25, -0.2) is 0 Å². The molecule has 8 nitrogen and oxygen atoms in total. The molecule has 2 rings (SSSR count). The molecule has 1 atom stereocenters. The van der Waals surface area contributed by atoms with Crippen molar-refractivity contribution in [1.82, 2.24) is 10.2 Å². The van der Waals surface area contributed by atoms with Crippen LogP contribution in [0.4, 0.5) is 11.4 Å². The Morgan fingerprint density at radius 3 is 2.68 bits per heavy atom. The third kappa shape index (κ3) is 5.40. The van der Waals surface area contributed by atoms with E-state index in [0.717, 1.165) is 19.5 Å². The first-order valence-corrected chi connectivity index (χ1v) is 8.52. The van der Waals surface area contributed by atoms with Crippen LogP contribution in [0.1, 0.15) is 30.6 Å². The molecule has 138 valence electrons. The van der Waals surface area contributed by atoms with Gasteiger partial charge in [0, 0.05) is 37.3 Å². The van der Waals surface area contributed by atoms with Crippen molar-refractivity contribution >= 4 is 17.3 Å². The Balaban J connectivity index is 2.02. The van der Waals surface area contributed by atoms with Gasteiger partial charge >= 0.3 is 0 Å². The van der Waals surface area contributed by atoms with Gasteiger partial charge < -0.3 is 15.8 Å². The fourth-order valence-electron chi connectivity index (χ4n) is 3.00. The lowest BCUT2D eigenvalue weighted by Gasteiger charge is -2.35. The number of morpholine rings is 1. The number of nitrogen functional groups attached to an aromatic ring is 1. The van der Waals surface area contributed by atoms with Gasteiger partial charge in [0.1, 0.15) is 5.69 Å². The number of amides is 1. The number of nitrogens with two attached hydrogens (primary N) is 1. The highest BCUT2D eigenvalue weighted by Crippen LogP contribution is 2.22. The zero-order valence-corrected chi connectivity index (χ0v) is 14.7. The highest BCUT2D eigenvalue weighted by atomic mass is 16.6. The van der Waals surface area contributed by atoms with Crippen LogP contribution in [0.3, 0.4) is 0 Å². The fourth-order valence-corrected chi connectivity index (χ4v) is 3.00. The number of carbonyl (C=O) groups excluding carboxylic acids is 1. The first-order valence-electron chi connectivity index (χ1n) is 8.52. The molecule has 1 aliphatic rings. The molecule has 1 aromatic rings. The summed E-state index contributed by atoms with van der Waals surface area (Å²) in [5.41, 5.74) is 5.61. The van der Waals surface area contributed by atoms with E-state index in [1.165, 1.54) is 18.2 Å². The second-order valence-electron chi connectivity index (χ2n) is 6.67. The minimum atomic E-state index is -0.582. The Hall–Kier alpha value is -2.19. The number of anilines is 1. The minimum Gasteiger partial charge on any atom is -0.393 e. The third-order valence-corrected chi connectivity index (χ3v) is 4.29. The molecule has 1 fully saturated rings. The van der Waals surface area contributed by atoms with Crippen LogP contribution < -0.4 is 11.1 Å². The summed E-state index contributed by atoms with van der Waals surface area (Å²) in [6, 6.07) is 4.33. The molecule has 1 unspecified atom stereocenters. The molecule has 1 aromatic carbocycles. The molecule has 0 aliphatic carbocycles. The predicted molar refractivity (Wildman–Crippen MR) is 95.5 cm³/mol. The van der Waals surface area contributed by atoms with Gasteiger partial charge in [-0.15, -0.1) is 0 Å². The summed E-state index contributed by atoms with van der Waals surface area (Å²) in [6.07, 6.45) is 0.960. The number of ether oxygens (including phenoxy) is 1. The quantitative estimate of drug-likeness (QED) is 0.439. The van der Waals surface area contributed by atoms with E-state index in [4.69, 9.17) is 10.5 Å². The number of nitro groups is 1. The first kappa shape index (κ1) is 19.1. The van der Waals surface area contributed by atoms with E-state index >= 15 is 0 Å².